The molecule has 6 atom stereocenters. The van der Waals surface area contributed by atoms with Gasteiger partial charge in [-0.15, -0.1) is 13.2 Å². The minimum absolute atomic E-state index is 0.0365. The van der Waals surface area contributed by atoms with E-state index in [1.807, 2.05) is 0 Å². The van der Waals surface area contributed by atoms with Crippen LogP contribution in [0.5, 0.6) is 11.5 Å². The molecule has 54 heavy (non-hydrogen) atoms. The van der Waals surface area contributed by atoms with Crippen molar-refractivity contribution in [3.63, 3.8) is 0 Å². The van der Waals surface area contributed by atoms with Crippen LogP contribution in [0.25, 0.3) is 0 Å². The number of imide groups is 2. The van der Waals surface area contributed by atoms with E-state index in [4.69, 9.17) is 11.6 Å². The Labute approximate surface area is 311 Å². The fourth-order valence-electron chi connectivity index (χ4n) is 9.15. The molecule has 1 N–H and O–H groups in total. The van der Waals surface area contributed by atoms with Crippen LogP contribution in [0.3, 0.4) is 0 Å². The normalized spacial score (nSPS) is 26.3. The summed E-state index contributed by atoms with van der Waals surface area (Å²) < 4.78 is 45.0. The molecule has 9 nitrogen and oxygen atoms in total. The van der Waals surface area contributed by atoms with Gasteiger partial charge in [-0.25, -0.2) is 4.90 Å². The number of carbonyl (C=O) groups is 5. The molecule has 4 aromatic rings. The number of aromatic hydroxyl groups is 1. The highest BCUT2D eigenvalue weighted by Crippen LogP contribution is 2.65. The smallest absolute Gasteiger partial charge is 0.508 e. The summed E-state index contributed by atoms with van der Waals surface area (Å²) in [4.78, 5) is 72.7. The van der Waals surface area contributed by atoms with Crippen molar-refractivity contribution in [2.45, 2.75) is 37.5 Å². The minimum atomic E-state index is -5.09. The maximum atomic E-state index is 15.3. The lowest BCUT2D eigenvalue weighted by molar-refractivity contribution is -0.274. The minimum Gasteiger partial charge on any atom is -0.508 e. The van der Waals surface area contributed by atoms with E-state index in [1.54, 1.807) is 54.6 Å². The first-order valence-electron chi connectivity index (χ1n) is 17.2. The van der Waals surface area contributed by atoms with Gasteiger partial charge in [0.05, 0.1) is 34.5 Å². The number of ether oxygens (including phenoxy) is 1. The van der Waals surface area contributed by atoms with E-state index >= 15 is 4.79 Å². The van der Waals surface area contributed by atoms with E-state index in [-0.39, 0.29) is 40.6 Å². The number of halogens is 4. The number of fused-ring (bicyclic) bond motifs is 4. The molecule has 0 bridgehead atoms. The zero-order valence-electron chi connectivity index (χ0n) is 28.4. The maximum absolute atomic E-state index is 15.3. The lowest BCUT2D eigenvalue weighted by Gasteiger charge is -2.50. The van der Waals surface area contributed by atoms with Gasteiger partial charge >= 0.3 is 6.36 Å². The van der Waals surface area contributed by atoms with Crippen molar-refractivity contribution in [3.05, 3.63) is 130 Å². The van der Waals surface area contributed by atoms with Crippen molar-refractivity contribution in [1.29, 1.82) is 0 Å². The number of carbonyl (C=O) groups excluding carboxylic acids is 5. The highest BCUT2D eigenvalue weighted by atomic mass is 35.5. The van der Waals surface area contributed by atoms with Gasteiger partial charge in [0.2, 0.25) is 23.6 Å². The summed E-state index contributed by atoms with van der Waals surface area (Å²) >= 11 is 6.33. The van der Waals surface area contributed by atoms with Crippen molar-refractivity contribution >= 4 is 52.4 Å². The molecule has 0 spiro atoms. The van der Waals surface area contributed by atoms with Crippen LogP contribution in [0.2, 0.25) is 5.02 Å². The first-order valence-corrected chi connectivity index (χ1v) is 17.6. The summed E-state index contributed by atoms with van der Waals surface area (Å²) in [6.45, 7) is 1.39. The topological polar surface area (TPSA) is 121 Å². The Bertz CT molecular complexity index is 2290. The van der Waals surface area contributed by atoms with Crippen molar-refractivity contribution in [3.8, 4) is 11.5 Å². The summed E-state index contributed by atoms with van der Waals surface area (Å²) in [5.74, 6) is -8.91. The number of hydrogen-bond acceptors (Lipinski definition) is 7. The average Bonchev–Trinajstić information content (AvgIpc) is 3.53. The number of anilines is 2. The zero-order valence-corrected chi connectivity index (χ0v) is 29.2. The van der Waals surface area contributed by atoms with E-state index in [1.165, 1.54) is 37.3 Å². The number of nitrogens with zero attached hydrogens (tertiary/aromatic N) is 2. The van der Waals surface area contributed by atoms with Crippen LogP contribution in [0.15, 0.2) is 109 Å². The second-order valence-electron chi connectivity index (χ2n) is 14.0. The summed E-state index contributed by atoms with van der Waals surface area (Å²) in [6.07, 6.45) is -3.41. The Morgan fingerprint density at radius 2 is 1.56 bits per heavy atom. The lowest BCUT2D eigenvalue weighted by Crippen LogP contribution is -2.53. The van der Waals surface area contributed by atoms with Crippen LogP contribution >= 0.6 is 11.6 Å². The Hall–Kier alpha value is -5.75. The molecule has 4 aliphatic rings. The van der Waals surface area contributed by atoms with Gasteiger partial charge in [0.1, 0.15) is 11.5 Å². The largest absolute Gasteiger partial charge is 0.573 e. The van der Waals surface area contributed by atoms with E-state index in [2.05, 4.69) is 4.74 Å². The molecule has 0 unspecified atom stereocenters. The Kier molecular flexibility index (Phi) is 8.29. The number of amides is 4. The Morgan fingerprint density at radius 1 is 0.833 bits per heavy atom. The molecule has 4 amide bonds. The lowest BCUT2D eigenvalue weighted by atomic mass is 9.49. The molecule has 8 rings (SSSR count). The third kappa shape index (κ3) is 5.33. The summed E-state index contributed by atoms with van der Waals surface area (Å²) in [6, 6.07) is 23.5. The number of phenolic OH excluding ortho intramolecular Hbond substituents is 1. The molecule has 2 aliphatic carbocycles. The number of alkyl halides is 3. The molecule has 274 valence electrons. The second kappa shape index (κ2) is 12.7. The van der Waals surface area contributed by atoms with Gasteiger partial charge in [-0.1, -0.05) is 59.6 Å². The van der Waals surface area contributed by atoms with E-state index in [9.17, 15) is 37.5 Å². The molecule has 3 fully saturated rings. The zero-order chi connectivity index (χ0) is 38.3. The molecule has 2 saturated heterocycles. The van der Waals surface area contributed by atoms with Gasteiger partial charge in [0.25, 0.3) is 0 Å². The number of benzene rings is 4. The predicted octanol–water partition coefficient (Wildman–Crippen LogP) is 7.51. The first kappa shape index (κ1) is 35.3. The first-order chi connectivity index (χ1) is 25.7. The number of hydrogen-bond donors (Lipinski definition) is 1. The fraction of sp³-hybridized carbons (Fsp3) is 0.244. The SMILES string of the molecule is CC(=O)c1ccc(N2C(=O)[C@H]3[C@H](CC=C4[C@H]3C[C@H]3C(=O)N(c5cccc(Cl)c5)C(=O)[C@@]3(c3ccccc3)[C@H]4c3cc(OC(F)(F)F)ccc3O)C2=O)cc1. The third-order valence-electron chi connectivity index (χ3n) is 11.2. The molecule has 0 aromatic heterocycles. The van der Waals surface area contributed by atoms with Crippen molar-refractivity contribution in [2.75, 3.05) is 9.80 Å². The summed E-state index contributed by atoms with van der Waals surface area (Å²) in [5.41, 5.74) is -0.351. The molecule has 13 heteroatoms. The number of rotatable bonds is 6. The van der Waals surface area contributed by atoms with Gasteiger partial charge in [0.15, 0.2) is 5.78 Å². The van der Waals surface area contributed by atoms with Crippen LogP contribution in [0, 0.1) is 23.7 Å². The van der Waals surface area contributed by atoms with E-state index < -0.39 is 76.5 Å². The van der Waals surface area contributed by atoms with Crippen molar-refractivity contribution < 1.29 is 47.0 Å². The highest BCUT2D eigenvalue weighted by molar-refractivity contribution is 6.32. The van der Waals surface area contributed by atoms with Gasteiger partial charge in [-0.3, -0.25) is 28.9 Å². The van der Waals surface area contributed by atoms with Crippen LogP contribution in [0.4, 0.5) is 24.5 Å². The molecule has 0 radical (unpaired) electrons. The Balaban J connectivity index is 1.35. The highest BCUT2D eigenvalue weighted by Gasteiger charge is 2.70. The van der Waals surface area contributed by atoms with Gasteiger partial charge in [-0.05, 0) is 91.9 Å². The van der Waals surface area contributed by atoms with Gasteiger partial charge < -0.3 is 9.84 Å². The van der Waals surface area contributed by atoms with E-state index in [0.717, 1.165) is 28.0 Å². The molecule has 2 aliphatic heterocycles. The van der Waals surface area contributed by atoms with Gasteiger partial charge in [-0.2, -0.15) is 0 Å². The molecular weight excluding hydrogens is 725 g/mol. The van der Waals surface area contributed by atoms with Crippen LogP contribution < -0.4 is 14.5 Å². The maximum Gasteiger partial charge on any atom is 0.573 e. The molecular formula is C41H30ClF3N2O7. The molecule has 1 saturated carbocycles. The number of phenols is 1. The quantitative estimate of drug-likeness (QED) is 0.123. The van der Waals surface area contributed by atoms with Gasteiger partial charge in [0, 0.05) is 22.1 Å². The standard InChI is InChI=1S/C41H30ClF3N2O7/c1-21(48)22-10-12-25(13-11-22)46-36(50)29-16-15-28-30(34(29)38(46)52)20-32-37(51)47(26-9-5-8-24(42)18-26)39(53)40(32,23-6-3-2-4-7-23)35(28)31-19-27(14-17-33(31)49)54-41(43,44)45/h2-15,17-19,29-30,32,34-35,49H,16,20H2,1H3/t29-,30+,32-,34-,35+,40+/m0/s1. The van der Waals surface area contributed by atoms with Crippen LogP contribution in [-0.2, 0) is 24.6 Å². The molecule has 4 aromatic carbocycles. The third-order valence-corrected chi connectivity index (χ3v) is 11.5. The fourth-order valence-corrected chi connectivity index (χ4v) is 9.33. The number of Topliss-reactive ketones (excluding diaryl/α,β-unsaturated/α-hetero) is 1. The van der Waals surface area contributed by atoms with Crippen molar-refractivity contribution in [2.24, 2.45) is 23.7 Å². The number of allylic oxidation sites excluding steroid dienone is 2. The monoisotopic (exact) mass is 754 g/mol. The average molecular weight is 755 g/mol. The van der Waals surface area contributed by atoms with Crippen LogP contribution in [0.1, 0.15) is 47.2 Å². The second-order valence-corrected chi connectivity index (χ2v) is 14.4. The van der Waals surface area contributed by atoms with Crippen molar-refractivity contribution in [1.82, 2.24) is 0 Å². The molecule has 2 heterocycles. The van der Waals surface area contributed by atoms with E-state index in [0.29, 0.717) is 16.7 Å². The summed E-state index contributed by atoms with van der Waals surface area (Å²) in [5, 5.41) is 11.8. The predicted molar refractivity (Wildman–Crippen MR) is 190 cm³/mol. The number of ketones is 1. The van der Waals surface area contributed by atoms with Crippen LogP contribution in [-0.4, -0.2) is 40.9 Å². The Morgan fingerprint density at radius 3 is 2.22 bits per heavy atom. The summed E-state index contributed by atoms with van der Waals surface area (Å²) in [7, 11) is 0.